The van der Waals surface area contributed by atoms with Crippen LogP contribution in [0.25, 0.3) is 10.9 Å². The average Bonchev–Trinajstić information content (AvgIpc) is 3.40. The smallest absolute Gasteiger partial charge is 0.261 e. The van der Waals surface area contributed by atoms with Crippen LogP contribution < -0.4 is 5.56 Å². The van der Waals surface area contributed by atoms with Crippen LogP contribution >= 0.6 is 0 Å². The highest BCUT2D eigenvalue weighted by molar-refractivity contribution is 5.77. The van der Waals surface area contributed by atoms with Gasteiger partial charge >= 0.3 is 0 Å². The van der Waals surface area contributed by atoms with Crippen molar-refractivity contribution < 1.29 is 0 Å². The number of rotatable bonds is 4. The second kappa shape index (κ2) is 7.67. The van der Waals surface area contributed by atoms with Crippen molar-refractivity contribution in [1.82, 2.24) is 24.4 Å². The van der Waals surface area contributed by atoms with Crippen molar-refractivity contribution in [2.45, 2.75) is 64.1 Å². The number of likely N-dealkylation sites (tertiary alicyclic amines) is 1. The number of aromatic nitrogens is 4. The van der Waals surface area contributed by atoms with Crippen LogP contribution in [0.3, 0.4) is 0 Å². The molecule has 2 aromatic heterocycles. The fraction of sp³-hybridized carbons (Fsp3) is 0.478. The minimum Gasteiger partial charge on any atom is -0.292 e. The molecule has 0 radical (unpaired) electrons. The number of para-hydroxylation sites is 1. The second-order valence-electron chi connectivity index (χ2n) is 8.38. The van der Waals surface area contributed by atoms with Crippen LogP contribution in [0.4, 0.5) is 0 Å². The van der Waals surface area contributed by atoms with Gasteiger partial charge in [0.1, 0.15) is 5.82 Å². The highest BCUT2D eigenvalue weighted by Crippen LogP contribution is 2.36. The van der Waals surface area contributed by atoms with Gasteiger partial charge in [0.25, 0.3) is 5.56 Å². The molecule has 1 unspecified atom stereocenters. The van der Waals surface area contributed by atoms with E-state index < -0.39 is 0 Å². The van der Waals surface area contributed by atoms with E-state index in [0.717, 1.165) is 66.9 Å². The monoisotopic (exact) mass is 389 g/mol. The number of fused-ring (bicyclic) bond motifs is 1. The Morgan fingerprint density at radius 2 is 1.86 bits per heavy atom. The zero-order valence-electron chi connectivity index (χ0n) is 16.9. The number of nitrogens with zero attached hydrogens (tertiary/aromatic N) is 5. The molecule has 29 heavy (non-hydrogen) atoms. The first-order valence-electron chi connectivity index (χ1n) is 10.7. The molecule has 1 aliphatic carbocycles. The normalized spacial score (nSPS) is 20.7. The predicted octanol–water partition coefficient (Wildman–Crippen LogP) is 3.95. The van der Waals surface area contributed by atoms with Crippen LogP contribution in [0.15, 0.2) is 41.5 Å². The summed E-state index contributed by atoms with van der Waals surface area (Å²) in [5.41, 5.74) is 2.85. The van der Waals surface area contributed by atoms with Gasteiger partial charge in [0.05, 0.1) is 28.3 Å². The summed E-state index contributed by atoms with van der Waals surface area (Å²) in [5.74, 6) is 0.943. The van der Waals surface area contributed by atoms with Gasteiger partial charge in [-0.3, -0.25) is 24.2 Å². The molecular weight excluding hydrogens is 362 g/mol. The van der Waals surface area contributed by atoms with Gasteiger partial charge in [-0.1, -0.05) is 25.0 Å². The van der Waals surface area contributed by atoms with E-state index >= 15 is 0 Å². The van der Waals surface area contributed by atoms with E-state index in [1.807, 2.05) is 42.0 Å². The van der Waals surface area contributed by atoms with E-state index in [2.05, 4.69) is 14.9 Å². The maximum absolute atomic E-state index is 13.5. The van der Waals surface area contributed by atoms with Crippen molar-refractivity contribution in [3.8, 4) is 0 Å². The Labute approximate surface area is 170 Å². The Bertz CT molecular complexity index is 1090. The summed E-state index contributed by atoms with van der Waals surface area (Å²) in [6.45, 7) is 3.71. The lowest BCUT2D eigenvalue weighted by Crippen LogP contribution is -2.34. The van der Waals surface area contributed by atoms with Crippen LogP contribution in [-0.2, 0) is 6.54 Å². The third-order valence-electron chi connectivity index (χ3n) is 6.36. The molecule has 6 nitrogen and oxygen atoms in total. The Kier molecular flexibility index (Phi) is 4.87. The Morgan fingerprint density at radius 3 is 2.69 bits per heavy atom. The molecule has 150 valence electrons. The maximum atomic E-state index is 13.5. The van der Waals surface area contributed by atoms with E-state index in [9.17, 15) is 4.79 Å². The fourth-order valence-corrected chi connectivity index (χ4v) is 5.02. The summed E-state index contributed by atoms with van der Waals surface area (Å²) >= 11 is 0. The zero-order valence-corrected chi connectivity index (χ0v) is 16.9. The third-order valence-corrected chi connectivity index (χ3v) is 6.36. The molecular formula is C23H27N5O. The number of hydrogen-bond donors (Lipinski definition) is 0. The molecule has 1 saturated carbocycles. The molecule has 3 aromatic rings. The lowest BCUT2D eigenvalue weighted by atomic mass is 10.1. The number of benzene rings is 1. The van der Waals surface area contributed by atoms with E-state index in [0.29, 0.717) is 0 Å². The SMILES string of the molecule is Cc1cncc(CN2CCCC2c2nc3ccccc3c(=O)n2C2CCCC2)n1. The summed E-state index contributed by atoms with van der Waals surface area (Å²) in [6.07, 6.45) is 10.3. The van der Waals surface area contributed by atoms with Gasteiger partial charge in [-0.25, -0.2) is 4.98 Å². The van der Waals surface area contributed by atoms with Crippen molar-refractivity contribution >= 4 is 10.9 Å². The molecule has 1 atom stereocenters. The maximum Gasteiger partial charge on any atom is 0.261 e. The molecule has 1 aliphatic heterocycles. The van der Waals surface area contributed by atoms with E-state index in [-0.39, 0.29) is 17.6 Å². The molecule has 1 aromatic carbocycles. The molecule has 1 saturated heterocycles. The van der Waals surface area contributed by atoms with Gasteiger partial charge in [0, 0.05) is 25.0 Å². The summed E-state index contributed by atoms with van der Waals surface area (Å²) < 4.78 is 2.04. The molecule has 0 spiro atoms. The number of hydrogen-bond acceptors (Lipinski definition) is 5. The van der Waals surface area contributed by atoms with Crippen molar-refractivity contribution in [1.29, 1.82) is 0 Å². The Balaban J connectivity index is 1.59. The van der Waals surface area contributed by atoms with E-state index in [1.165, 1.54) is 12.8 Å². The second-order valence-corrected chi connectivity index (χ2v) is 8.38. The predicted molar refractivity (Wildman–Crippen MR) is 113 cm³/mol. The lowest BCUT2D eigenvalue weighted by molar-refractivity contribution is 0.226. The van der Waals surface area contributed by atoms with Crippen molar-refractivity contribution in [3.63, 3.8) is 0 Å². The Morgan fingerprint density at radius 1 is 1.03 bits per heavy atom. The largest absolute Gasteiger partial charge is 0.292 e. The highest BCUT2D eigenvalue weighted by atomic mass is 16.1. The van der Waals surface area contributed by atoms with Crippen molar-refractivity contribution in [3.05, 3.63) is 64.2 Å². The highest BCUT2D eigenvalue weighted by Gasteiger charge is 2.33. The van der Waals surface area contributed by atoms with Gasteiger partial charge in [0.15, 0.2) is 0 Å². The van der Waals surface area contributed by atoms with E-state index in [4.69, 9.17) is 4.98 Å². The lowest BCUT2D eigenvalue weighted by Gasteiger charge is -2.28. The van der Waals surface area contributed by atoms with Crippen LogP contribution in [0.5, 0.6) is 0 Å². The van der Waals surface area contributed by atoms with E-state index in [1.54, 1.807) is 6.20 Å². The summed E-state index contributed by atoms with van der Waals surface area (Å²) in [5, 5.41) is 0.734. The van der Waals surface area contributed by atoms with Gasteiger partial charge in [-0.15, -0.1) is 0 Å². The summed E-state index contributed by atoms with van der Waals surface area (Å²) in [6, 6.07) is 8.19. The molecule has 0 bridgehead atoms. The fourth-order valence-electron chi connectivity index (χ4n) is 5.02. The van der Waals surface area contributed by atoms with Gasteiger partial charge in [-0.2, -0.15) is 0 Å². The van der Waals surface area contributed by atoms with Gasteiger partial charge in [-0.05, 0) is 51.3 Å². The third kappa shape index (κ3) is 3.46. The van der Waals surface area contributed by atoms with Crippen molar-refractivity contribution in [2.75, 3.05) is 6.54 Å². The minimum absolute atomic E-state index is 0.125. The first-order valence-corrected chi connectivity index (χ1v) is 10.7. The van der Waals surface area contributed by atoms with Crippen LogP contribution in [0.2, 0.25) is 0 Å². The first-order chi connectivity index (χ1) is 14.2. The van der Waals surface area contributed by atoms with Crippen molar-refractivity contribution in [2.24, 2.45) is 0 Å². The standard InChI is InChI=1S/C23H27N5O/c1-16-13-24-14-17(25-16)15-27-12-6-11-21(27)22-26-20-10-5-4-9-19(20)23(29)28(22)18-7-2-3-8-18/h4-5,9-10,13-14,18,21H,2-3,6-8,11-12,15H2,1H3. The molecule has 0 N–H and O–H groups in total. The van der Waals surface area contributed by atoms with Crippen LogP contribution in [0, 0.1) is 6.92 Å². The molecule has 2 fully saturated rings. The van der Waals surface area contributed by atoms with Crippen LogP contribution in [-0.4, -0.2) is 31.0 Å². The topological polar surface area (TPSA) is 63.9 Å². The molecule has 2 aliphatic rings. The summed E-state index contributed by atoms with van der Waals surface area (Å²) in [7, 11) is 0. The minimum atomic E-state index is 0.125. The zero-order chi connectivity index (χ0) is 19.8. The average molecular weight is 390 g/mol. The molecule has 0 amide bonds. The molecule has 6 heteroatoms. The molecule has 3 heterocycles. The van der Waals surface area contributed by atoms with Gasteiger partial charge in [0.2, 0.25) is 0 Å². The van der Waals surface area contributed by atoms with Crippen LogP contribution in [0.1, 0.15) is 67.8 Å². The quantitative estimate of drug-likeness (QED) is 0.676. The Hall–Kier alpha value is -2.60. The molecule has 5 rings (SSSR count). The van der Waals surface area contributed by atoms with Gasteiger partial charge < -0.3 is 0 Å². The first kappa shape index (κ1) is 18.4. The number of aryl methyl sites for hydroxylation is 1. The summed E-state index contributed by atoms with van der Waals surface area (Å²) in [4.78, 5) is 29.9.